The van der Waals surface area contributed by atoms with Crippen LogP contribution in [0.15, 0.2) is 53.1 Å². The van der Waals surface area contributed by atoms with Gasteiger partial charge in [0.05, 0.1) is 11.7 Å². The molecule has 1 N–H and O–H groups in total. The Balaban J connectivity index is 1.46. The molecule has 1 aromatic carbocycles. The second kappa shape index (κ2) is 6.58. The van der Waals surface area contributed by atoms with Crippen molar-refractivity contribution in [3.05, 3.63) is 71.7 Å². The Labute approximate surface area is 167 Å². The molecule has 0 radical (unpaired) electrons. The number of hydrogen-bond donors (Lipinski definition) is 1. The third kappa shape index (κ3) is 2.83. The Hall–Kier alpha value is -3.42. The zero-order valence-electron chi connectivity index (χ0n) is 16.0. The largest absolute Gasteiger partial charge is 0.459 e. The van der Waals surface area contributed by atoms with E-state index in [1.165, 1.54) is 6.26 Å². The van der Waals surface area contributed by atoms with Crippen LogP contribution in [0.5, 0.6) is 0 Å². The van der Waals surface area contributed by atoms with E-state index in [0.29, 0.717) is 43.3 Å². The molecule has 2 atom stereocenters. The van der Waals surface area contributed by atoms with Crippen LogP contribution in [-0.2, 0) is 5.41 Å². The number of nitrogens with one attached hydrogen (secondary N) is 1. The summed E-state index contributed by atoms with van der Waals surface area (Å²) in [5.74, 6) is 1.62. The van der Waals surface area contributed by atoms with E-state index in [4.69, 9.17) is 4.42 Å². The van der Waals surface area contributed by atoms with Crippen LogP contribution < -0.4 is 0 Å². The lowest BCUT2D eigenvalue weighted by molar-refractivity contribution is 0.0712. The van der Waals surface area contributed by atoms with Crippen molar-refractivity contribution in [2.75, 3.05) is 26.2 Å². The van der Waals surface area contributed by atoms with Crippen LogP contribution in [0.4, 0.5) is 0 Å². The molecule has 0 bridgehead atoms. The molecule has 0 saturated carbocycles. The molecular formula is C21H21N5O3. The molecular weight excluding hydrogens is 370 g/mol. The molecule has 2 aliphatic heterocycles. The van der Waals surface area contributed by atoms with Crippen molar-refractivity contribution < 1.29 is 14.0 Å². The lowest BCUT2D eigenvalue weighted by atomic mass is 9.80. The highest BCUT2D eigenvalue weighted by molar-refractivity contribution is 5.95. The molecule has 8 nitrogen and oxygen atoms in total. The molecule has 148 valence electrons. The van der Waals surface area contributed by atoms with Gasteiger partial charge in [0.2, 0.25) is 0 Å². The van der Waals surface area contributed by atoms with E-state index in [9.17, 15) is 9.59 Å². The van der Waals surface area contributed by atoms with Gasteiger partial charge in [0.1, 0.15) is 5.82 Å². The molecule has 0 aliphatic carbocycles. The summed E-state index contributed by atoms with van der Waals surface area (Å²) < 4.78 is 5.30. The molecule has 5 rings (SSSR count). The summed E-state index contributed by atoms with van der Waals surface area (Å²) in [5, 5.41) is 7.33. The van der Waals surface area contributed by atoms with Crippen molar-refractivity contribution in [3.63, 3.8) is 0 Å². The highest BCUT2D eigenvalue weighted by Gasteiger charge is 2.58. The van der Waals surface area contributed by atoms with E-state index in [1.54, 1.807) is 17.0 Å². The first-order valence-electron chi connectivity index (χ1n) is 9.63. The number of furan rings is 1. The first-order valence-corrected chi connectivity index (χ1v) is 9.63. The van der Waals surface area contributed by atoms with Crippen molar-refractivity contribution in [2.24, 2.45) is 5.92 Å². The summed E-state index contributed by atoms with van der Waals surface area (Å²) in [4.78, 5) is 34.1. The Morgan fingerprint density at radius 1 is 1.07 bits per heavy atom. The quantitative estimate of drug-likeness (QED) is 0.735. The predicted molar refractivity (Wildman–Crippen MR) is 103 cm³/mol. The fraction of sp³-hybridized carbons (Fsp3) is 0.333. The van der Waals surface area contributed by atoms with Gasteiger partial charge in [-0.1, -0.05) is 18.2 Å². The lowest BCUT2D eigenvalue weighted by Crippen LogP contribution is -2.41. The summed E-state index contributed by atoms with van der Waals surface area (Å²) in [7, 11) is 0. The molecule has 0 unspecified atom stereocenters. The van der Waals surface area contributed by atoms with Gasteiger partial charge in [-0.25, -0.2) is 4.98 Å². The number of nitrogens with zero attached hydrogens (tertiary/aromatic N) is 4. The van der Waals surface area contributed by atoms with Crippen LogP contribution in [0.1, 0.15) is 32.6 Å². The van der Waals surface area contributed by atoms with Gasteiger partial charge in [-0.05, 0) is 31.2 Å². The third-order valence-electron chi connectivity index (χ3n) is 5.98. The number of rotatable bonds is 3. The number of fused-ring (bicyclic) bond motifs is 1. The van der Waals surface area contributed by atoms with E-state index in [1.807, 2.05) is 42.2 Å². The maximum absolute atomic E-state index is 13.0. The van der Waals surface area contributed by atoms with E-state index in [0.717, 1.165) is 5.82 Å². The van der Waals surface area contributed by atoms with Gasteiger partial charge in [-0.15, -0.1) is 0 Å². The van der Waals surface area contributed by atoms with Gasteiger partial charge in [0.25, 0.3) is 11.8 Å². The number of likely N-dealkylation sites (tertiary alicyclic amines) is 2. The van der Waals surface area contributed by atoms with Gasteiger partial charge >= 0.3 is 0 Å². The van der Waals surface area contributed by atoms with Crippen LogP contribution in [0.3, 0.4) is 0 Å². The first kappa shape index (κ1) is 17.7. The van der Waals surface area contributed by atoms with Crippen molar-refractivity contribution in [3.8, 4) is 0 Å². The Kier molecular flexibility index (Phi) is 4.01. The van der Waals surface area contributed by atoms with Gasteiger partial charge in [-0.3, -0.25) is 14.7 Å². The molecule has 2 fully saturated rings. The maximum atomic E-state index is 13.0. The fourth-order valence-corrected chi connectivity index (χ4v) is 4.58. The number of hydrogen-bond acceptors (Lipinski definition) is 5. The lowest BCUT2D eigenvalue weighted by Gasteiger charge is -2.26. The van der Waals surface area contributed by atoms with Crippen molar-refractivity contribution in [1.82, 2.24) is 25.0 Å². The molecule has 2 saturated heterocycles. The number of carbonyl (C=O) groups is 2. The smallest absolute Gasteiger partial charge is 0.289 e. The van der Waals surface area contributed by atoms with Crippen molar-refractivity contribution in [2.45, 2.75) is 12.3 Å². The Bertz CT molecular complexity index is 1050. The number of benzene rings is 1. The highest BCUT2D eigenvalue weighted by Crippen LogP contribution is 2.44. The van der Waals surface area contributed by atoms with Gasteiger partial charge in [-0.2, -0.15) is 5.10 Å². The van der Waals surface area contributed by atoms with Gasteiger partial charge in [0.15, 0.2) is 11.6 Å². The Morgan fingerprint density at radius 3 is 2.41 bits per heavy atom. The summed E-state index contributed by atoms with van der Waals surface area (Å²) in [6.45, 7) is 3.87. The summed E-state index contributed by atoms with van der Waals surface area (Å²) in [6.07, 6.45) is 1.50. The summed E-state index contributed by atoms with van der Waals surface area (Å²) in [5.41, 5.74) is 0.176. The number of H-pyrrole nitrogens is 1. The molecule has 4 heterocycles. The minimum atomic E-state index is -0.489. The monoisotopic (exact) mass is 391 g/mol. The van der Waals surface area contributed by atoms with Crippen LogP contribution in [0, 0.1) is 12.8 Å². The number of aromatic nitrogens is 3. The second-order valence-corrected chi connectivity index (χ2v) is 7.81. The molecule has 2 aliphatic rings. The molecule has 8 heteroatoms. The van der Waals surface area contributed by atoms with Crippen LogP contribution >= 0.6 is 0 Å². The maximum Gasteiger partial charge on any atom is 0.289 e. The topological polar surface area (TPSA) is 95.3 Å². The predicted octanol–water partition coefficient (Wildman–Crippen LogP) is 1.87. The first-order chi connectivity index (χ1) is 14.1. The molecule has 2 aromatic heterocycles. The minimum absolute atomic E-state index is 0.00413. The average molecular weight is 391 g/mol. The summed E-state index contributed by atoms with van der Waals surface area (Å²) in [6, 6.07) is 12.7. The minimum Gasteiger partial charge on any atom is -0.459 e. The standard InChI is InChI=1S/C21H21N5O3/c1-14-22-20(24-23-14)21-12-25(18(27)15-6-3-2-4-7-15)10-16(21)11-26(13-21)19(28)17-8-5-9-29-17/h2-9,16H,10-13H2,1H3,(H,22,23,24)/t16-,21-/m0/s1. The third-order valence-corrected chi connectivity index (χ3v) is 5.98. The number of aromatic amines is 1. The van der Waals surface area contributed by atoms with Gasteiger partial charge in [0, 0.05) is 37.7 Å². The van der Waals surface area contributed by atoms with E-state index in [-0.39, 0.29) is 17.7 Å². The van der Waals surface area contributed by atoms with Crippen LogP contribution in [0.2, 0.25) is 0 Å². The average Bonchev–Trinajstić information content (AvgIpc) is 3.50. The molecule has 3 aromatic rings. The fourth-order valence-electron chi connectivity index (χ4n) is 4.58. The van der Waals surface area contributed by atoms with Crippen LogP contribution in [0.25, 0.3) is 0 Å². The van der Waals surface area contributed by atoms with E-state index < -0.39 is 5.41 Å². The normalized spacial score (nSPS) is 23.4. The van der Waals surface area contributed by atoms with Crippen LogP contribution in [-0.4, -0.2) is 63.0 Å². The Morgan fingerprint density at radius 2 is 1.79 bits per heavy atom. The number of amides is 2. The summed E-state index contributed by atoms with van der Waals surface area (Å²) >= 11 is 0. The van der Waals surface area contributed by atoms with E-state index in [2.05, 4.69) is 15.2 Å². The number of carbonyl (C=O) groups excluding carboxylic acids is 2. The van der Waals surface area contributed by atoms with Gasteiger partial charge < -0.3 is 14.2 Å². The molecule has 29 heavy (non-hydrogen) atoms. The van der Waals surface area contributed by atoms with E-state index >= 15 is 0 Å². The SMILES string of the molecule is Cc1nc([C@]23CN(C(=O)c4ccccc4)C[C@H]2CN(C(=O)c2ccco2)C3)n[nH]1. The van der Waals surface area contributed by atoms with Crippen molar-refractivity contribution >= 4 is 11.8 Å². The number of aryl methyl sites for hydroxylation is 1. The highest BCUT2D eigenvalue weighted by atomic mass is 16.3. The zero-order valence-corrected chi connectivity index (χ0v) is 16.0. The molecule has 2 amide bonds. The second-order valence-electron chi connectivity index (χ2n) is 7.81. The van der Waals surface area contributed by atoms with Crippen molar-refractivity contribution in [1.29, 1.82) is 0 Å². The molecule has 0 spiro atoms. The zero-order chi connectivity index (χ0) is 20.0.